The van der Waals surface area contributed by atoms with Crippen molar-refractivity contribution in [2.24, 2.45) is 41.4 Å². The maximum absolute atomic E-state index is 15.4. The van der Waals surface area contributed by atoms with E-state index in [1.54, 1.807) is 41.5 Å². The summed E-state index contributed by atoms with van der Waals surface area (Å²) in [6.45, 7) is 32.9. The molecule has 6 N–H and O–H groups in total. The largest absolute Gasteiger partial charge is 0.390 e. The molecule has 1 fully saturated rings. The molecule has 1 heterocycles. The van der Waals surface area contributed by atoms with Crippen LogP contribution in [0.3, 0.4) is 0 Å². The van der Waals surface area contributed by atoms with E-state index in [-0.39, 0.29) is 62.4 Å². The minimum atomic E-state index is -1.67. The molecule has 0 aliphatic carbocycles. The molecule has 0 aromatic heterocycles. The van der Waals surface area contributed by atoms with Crippen LogP contribution in [0.4, 0.5) is 0 Å². The second-order valence-corrected chi connectivity index (χ2v) is 28.9. The Morgan fingerprint density at radius 3 is 1.37 bits per heavy atom. The van der Waals surface area contributed by atoms with Gasteiger partial charge in [-0.25, -0.2) is 0 Å². The van der Waals surface area contributed by atoms with E-state index in [1.807, 2.05) is 69.2 Å². The maximum Gasteiger partial charge on any atom is 0.332 e. The van der Waals surface area contributed by atoms with Crippen LogP contribution in [-0.2, 0) is 66.3 Å². The predicted molar refractivity (Wildman–Crippen MR) is 363 cm³/mol. The van der Waals surface area contributed by atoms with Crippen LogP contribution in [0.15, 0.2) is 0 Å². The van der Waals surface area contributed by atoms with Crippen LogP contribution < -0.4 is 26.6 Å². The van der Waals surface area contributed by atoms with Crippen LogP contribution in [-0.4, -0.2) is 260 Å². The first kappa shape index (κ1) is 86.4. The molecule has 27 nitrogen and oxygen atoms in total. The van der Waals surface area contributed by atoms with E-state index in [0.29, 0.717) is 32.7 Å². The van der Waals surface area contributed by atoms with Crippen LogP contribution in [0.5, 0.6) is 0 Å². The molecule has 94 heavy (non-hydrogen) atoms. The van der Waals surface area contributed by atoms with E-state index < -0.39 is 164 Å². The minimum Gasteiger partial charge on any atom is -0.390 e. The SMILES string of the molecule is CCOP(OCC)OCCNCCC(C)C(O)C1C(=O)NC(CC)C(=O)N(C)CC(=O)N(C)C(CC(C)C)C(=O)NC(C(C)C)C(=O)N(C)C(CC(C)C)C(=O)NC(C)C(=O)NC(C)C(=O)N(C)C(CC(C)C)C(=O)N(C)C(CC(C)C)C(=O)N(C)C(C(C)C)C(=O)N1C. The van der Waals surface area contributed by atoms with E-state index in [4.69, 9.17) is 13.6 Å². The third-order valence-electron chi connectivity index (χ3n) is 17.1. The molecule has 542 valence electrons. The Labute approximate surface area is 563 Å². The lowest BCUT2D eigenvalue weighted by Gasteiger charge is -2.41. The number of amides is 11. The van der Waals surface area contributed by atoms with Crippen molar-refractivity contribution in [3.05, 3.63) is 0 Å². The monoisotopic (exact) mass is 1350 g/mol. The number of aliphatic hydroxyl groups is 1. The fraction of sp³-hybridized carbons (Fsp3) is 0.833. The molecule has 0 radical (unpaired) electrons. The molecule has 0 spiro atoms. The molecule has 1 aliphatic rings. The highest BCUT2D eigenvalue weighted by Gasteiger charge is 2.46. The molecule has 0 aromatic rings. The molecule has 12 unspecified atom stereocenters. The Morgan fingerprint density at radius 1 is 0.468 bits per heavy atom. The summed E-state index contributed by atoms with van der Waals surface area (Å²) in [7, 11) is 8.35. The summed E-state index contributed by atoms with van der Waals surface area (Å²) in [6.07, 6.45) is -0.711. The molecular formula is C66H123N12O15P. The van der Waals surface area contributed by atoms with Crippen molar-refractivity contribution in [1.82, 2.24) is 60.9 Å². The van der Waals surface area contributed by atoms with Gasteiger partial charge >= 0.3 is 8.60 Å². The maximum atomic E-state index is 15.4. The van der Waals surface area contributed by atoms with Gasteiger partial charge in [0.05, 0.1) is 32.5 Å². The van der Waals surface area contributed by atoms with Crippen LogP contribution in [0.2, 0.25) is 0 Å². The van der Waals surface area contributed by atoms with Gasteiger partial charge in [-0.3, -0.25) is 52.7 Å². The van der Waals surface area contributed by atoms with E-state index in [9.17, 15) is 38.7 Å². The van der Waals surface area contributed by atoms with Crippen molar-refractivity contribution in [2.45, 2.75) is 230 Å². The Hall–Kier alpha value is -5.60. The third-order valence-corrected chi connectivity index (χ3v) is 18.4. The molecular weight excluding hydrogens is 1230 g/mol. The molecule has 0 bridgehead atoms. The number of likely N-dealkylation sites (N-methyl/N-ethyl adjacent to an activating group) is 7. The second kappa shape index (κ2) is 41.5. The summed E-state index contributed by atoms with van der Waals surface area (Å²) in [6, 6.07) is -12.6. The van der Waals surface area contributed by atoms with Crippen LogP contribution in [0, 0.1) is 41.4 Å². The minimum absolute atomic E-state index is 0.00272. The number of nitrogens with one attached hydrogen (secondary N) is 5. The van der Waals surface area contributed by atoms with Crippen LogP contribution in [0.1, 0.15) is 163 Å². The lowest BCUT2D eigenvalue weighted by molar-refractivity contribution is -0.157. The first-order valence-electron chi connectivity index (χ1n) is 33.8. The van der Waals surface area contributed by atoms with Gasteiger partial charge in [0.1, 0.15) is 60.4 Å². The van der Waals surface area contributed by atoms with E-state index in [2.05, 4.69) is 26.6 Å². The van der Waals surface area contributed by atoms with E-state index in [0.717, 1.165) is 9.80 Å². The zero-order valence-electron chi connectivity index (χ0n) is 61.6. The number of hydrogen-bond acceptors (Lipinski definition) is 16. The molecule has 1 rings (SSSR count). The molecule has 0 aromatic carbocycles. The summed E-state index contributed by atoms with van der Waals surface area (Å²) in [5.41, 5.74) is 0. The highest BCUT2D eigenvalue weighted by atomic mass is 31.2. The van der Waals surface area contributed by atoms with Gasteiger partial charge < -0.3 is 79.6 Å². The predicted octanol–water partition coefficient (Wildman–Crippen LogP) is 3.60. The zero-order valence-corrected chi connectivity index (χ0v) is 62.5. The Kier molecular flexibility index (Phi) is 38.1. The highest BCUT2D eigenvalue weighted by Crippen LogP contribution is 2.39. The smallest absolute Gasteiger partial charge is 0.332 e. The number of aliphatic hydroxyl groups excluding tert-OH is 1. The average Bonchev–Trinajstić information content (AvgIpc) is 0.807. The van der Waals surface area contributed by atoms with Gasteiger partial charge in [0.25, 0.3) is 0 Å². The number of rotatable bonds is 24. The number of carbonyl (C=O) groups is 11. The summed E-state index contributed by atoms with van der Waals surface area (Å²) in [4.78, 5) is 170. The molecule has 1 saturated heterocycles. The Bertz CT molecular complexity index is 2470. The first-order chi connectivity index (χ1) is 43.6. The quantitative estimate of drug-likeness (QED) is 0.0594. The van der Waals surface area contributed by atoms with Crippen molar-refractivity contribution in [1.29, 1.82) is 0 Å². The van der Waals surface area contributed by atoms with Crippen LogP contribution in [0.25, 0.3) is 0 Å². The first-order valence-corrected chi connectivity index (χ1v) is 34.9. The second-order valence-electron chi connectivity index (χ2n) is 27.7. The molecule has 0 saturated carbocycles. The zero-order chi connectivity index (χ0) is 72.5. The lowest BCUT2D eigenvalue weighted by Crippen LogP contribution is -2.63. The number of carbonyl (C=O) groups excluding carboxylic acids is 11. The number of nitrogens with zero attached hydrogens (tertiary/aromatic N) is 7. The van der Waals surface area contributed by atoms with Gasteiger partial charge in [-0.1, -0.05) is 96.9 Å². The van der Waals surface area contributed by atoms with Crippen molar-refractivity contribution in [2.75, 3.05) is 88.8 Å². The van der Waals surface area contributed by atoms with Gasteiger partial charge in [-0.05, 0) is 114 Å². The van der Waals surface area contributed by atoms with Crippen LogP contribution >= 0.6 is 8.60 Å². The Morgan fingerprint density at radius 2 is 0.904 bits per heavy atom. The molecule has 12 atom stereocenters. The van der Waals surface area contributed by atoms with Crippen molar-refractivity contribution in [3.8, 4) is 0 Å². The summed E-state index contributed by atoms with van der Waals surface area (Å²) in [5, 5.41) is 26.7. The standard InChI is InChI=1S/C66H123N12O15P/c1-26-47-62(86)72(19)37-52(79)73(20)48(33-38(4)5)59(83)71-53(42(12)13)65(89)74(21)49(34-39(6)7)58(82)68-45(17)57(81)69-46(18)61(85)75(22)50(35-40(8)9)63(87)76(23)51(36-41(10)11)64(88)77(24)54(43(14)15)66(90)78(25)55(60(84)70-47)56(80)44(16)29-30-67-31-32-93-94(91-27-2)92-28-3/h38-51,53-56,67,80H,26-37H2,1-25H3,(H,68,82)(H,69,81)(H,70,84)(H,71,83). The molecule has 28 heteroatoms. The number of hydrogen-bond donors (Lipinski definition) is 6. The van der Waals surface area contributed by atoms with Gasteiger partial charge in [0.15, 0.2) is 0 Å². The van der Waals surface area contributed by atoms with Crippen molar-refractivity contribution < 1.29 is 71.4 Å². The summed E-state index contributed by atoms with van der Waals surface area (Å²) < 4.78 is 16.8. The molecule has 11 amide bonds. The topological polar surface area (TPSA) is 319 Å². The molecule has 1 aliphatic heterocycles. The fourth-order valence-electron chi connectivity index (χ4n) is 11.3. The Balaban J connectivity index is 4.29. The average molecular weight is 1360 g/mol. The summed E-state index contributed by atoms with van der Waals surface area (Å²) in [5.74, 6) is -10.0. The normalized spacial score (nSPS) is 25.5. The van der Waals surface area contributed by atoms with Gasteiger partial charge in [-0.15, -0.1) is 0 Å². The van der Waals surface area contributed by atoms with Crippen molar-refractivity contribution >= 4 is 73.6 Å². The van der Waals surface area contributed by atoms with E-state index >= 15 is 19.2 Å². The summed E-state index contributed by atoms with van der Waals surface area (Å²) >= 11 is 0. The van der Waals surface area contributed by atoms with Gasteiger partial charge in [0, 0.05) is 55.9 Å². The van der Waals surface area contributed by atoms with Gasteiger partial charge in [0.2, 0.25) is 65.0 Å². The van der Waals surface area contributed by atoms with E-state index in [1.165, 1.54) is 87.7 Å². The highest BCUT2D eigenvalue weighted by molar-refractivity contribution is 7.41. The van der Waals surface area contributed by atoms with Gasteiger partial charge in [-0.2, -0.15) is 0 Å². The lowest BCUT2D eigenvalue weighted by atomic mass is 9.91. The van der Waals surface area contributed by atoms with Crippen molar-refractivity contribution in [3.63, 3.8) is 0 Å². The third kappa shape index (κ3) is 26.1. The fourth-order valence-corrected chi connectivity index (χ4v) is 12.2.